The van der Waals surface area contributed by atoms with Gasteiger partial charge in [-0.3, -0.25) is 4.79 Å². The Morgan fingerprint density at radius 3 is 2.56 bits per heavy atom. The lowest BCUT2D eigenvalue weighted by molar-refractivity contribution is 0.0783. The van der Waals surface area contributed by atoms with E-state index in [0.717, 1.165) is 48.5 Å². The Kier molecular flexibility index (Phi) is 4.25. The molecule has 0 unspecified atom stereocenters. The molecule has 25 heavy (non-hydrogen) atoms. The van der Waals surface area contributed by atoms with Gasteiger partial charge in [-0.1, -0.05) is 12.1 Å². The molecule has 4 rings (SSSR count). The number of carbonyl (C=O) groups excluding carboxylic acids is 1. The van der Waals surface area contributed by atoms with Gasteiger partial charge in [-0.2, -0.15) is 0 Å². The zero-order valence-corrected chi connectivity index (χ0v) is 15.4. The highest BCUT2D eigenvalue weighted by Gasteiger charge is 2.24. The second kappa shape index (κ2) is 6.56. The van der Waals surface area contributed by atoms with Crippen LogP contribution < -0.4 is 4.74 Å². The Morgan fingerprint density at radius 1 is 1.16 bits per heavy atom. The summed E-state index contributed by atoms with van der Waals surface area (Å²) in [7, 11) is 1.67. The van der Waals surface area contributed by atoms with Crippen LogP contribution in [0, 0.1) is 6.92 Å². The van der Waals surface area contributed by atoms with Crippen molar-refractivity contribution in [2.75, 3.05) is 20.2 Å². The lowest BCUT2D eigenvalue weighted by Crippen LogP contribution is -2.29. The molecule has 0 N–H and O–H groups in total. The normalized spacial score (nSPS) is 14.4. The maximum absolute atomic E-state index is 13.0. The molecule has 0 bridgehead atoms. The van der Waals surface area contributed by atoms with Crippen molar-refractivity contribution >= 4 is 27.5 Å². The minimum absolute atomic E-state index is 0.159. The number of amides is 1. The summed E-state index contributed by atoms with van der Waals surface area (Å²) in [6, 6.07) is 12.3. The number of ether oxygens (including phenoxy) is 1. The second-order valence-electron chi connectivity index (χ2n) is 6.57. The summed E-state index contributed by atoms with van der Waals surface area (Å²) in [5, 5.41) is 0. The fourth-order valence-corrected chi connectivity index (χ4v) is 4.47. The number of aromatic nitrogens is 1. The third kappa shape index (κ3) is 3.04. The van der Waals surface area contributed by atoms with E-state index in [4.69, 9.17) is 4.74 Å². The maximum atomic E-state index is 13.0. The van der Waals surface area contributed by atoms with Gasteiger partial charge in [0.05, 0.1) is 17.3 Å². The summed E-state index contributed by atoms with van der Waals surface area (Å²) >= 11 is 1.75. The van der Waals surface area contributed by atoms with Crippen molar-refractivity contribution < 1.29 is 9.53 Å². The molecule has 0 radical (unpaired) electrons. The monoisotopic (exact) mass is 354 g/mol. The molecule has 1 aromatic carbocycles. The van der Waals surface area contributed by atoms with Crippen LogP contribution >= 0.6 is 11.3 Å². The van der Waals surface area contributed by atoms with Crippen LogP contribution in [0.1, 0.15) is 33.8 Å². The van der Waals surface area contributed by atoms with Gasteiger partial charge in [0.1, 0.15) is 11.4 Å². The number of nitrogens with zero attached hydrogens (tertiary/aromatic N) is 2. The fraction of sp³-hybridized carbons (Fsp3) is 0.350. The Hall–Kier alpha value is -2.27. The van der Waals surface area contributed by atoms with Crippen LogP contribution in [0.25, 0.3) is 10.2 Å². The lowest BCUT2D eigenvalue weighted by atomic mass is 10.2. The first-order valence-electron chi connectivity index (χ1n) is 8.67. The standard InChI is InChI=1S/C20H22N2O2S/c1-14-11-17-19(25-14)12-18(20(23)21-9-3-4-10-21)22(17)13-15-5-7-16(24-2)8-6-15/h5-8,11-12H,3-4,9-10,13H2,1-2H3. The molecule has 4 nitrogen and oxygen atoms in total. The molecule has 1 fully saturated rings. The van der Waals surface area contributed by atoms with Crippen molar-refractivity contribution in [2.24, 2.45) is 0 Å². The smallest absolute Gasteiger partial charge is 0.270 e. The maximum Gasteiger partial charge on any atom is 0.270 e. The number of thiophene rings is 1. The zero-order chi connectivity index (χ0) is 17.4. The molecular formula is C20H22N2O2S. The van der Waals surface area contributed by atoms with Gasteiger partial charge in [-0.05, 0) is 49.6 Å². The van der Waals surface area contributed by atoms with Gasteiger partial charge in [0.2, 0.25) is 0 Å². The number of aryl methyl sites for hydroxylation is 1. The minimum Gasteiger partial charge on any atom is -0.497 e. The molecule has 0 aliphatic carbocycles. The van der Waals surface area contributed by atoms with Gasteiger partial charge in [0, 0.05) is 24.5 Å². The molecule has 1 aliphatic rings. The Morgan fingerprint density at radius 2 is 1.88 bits per heavy atom. The predicted octanol–water partition coefficient (Wildman–Crippen LogP) is 4.30. The number of carbonyl (C=O) groups is 1. The third-order valence-electron chi connectivity index (χ3n) is 4.82. The van der Waals surface area contributed by atoms with E-state index in [1.54, 1.807) is 18.4 Å². The average Bonchev–Trinajstić information content (AvgIpc) is 3.33. The van der Waals surface area contributed by atoms with E-state index >= 15 is 0 Å². The van der Waals surface area contributed by atoms with Crippen molar-refractivity contribution in [2.45, 2.75) is 26.3 Å². The van der Waals surface area contributed by atoms with Crippen molar-refractivity contribution in [1.29, 1.82) is 0 Å². The Balaban J connectivity index is 1.73. The molecule has 1 aliphatic heterocycles. The van der Waals surface area contributed by atoms with E-state index < -0.39 is 0 Å². The summed E-state index contributed by atoms with van der Waals surface area (Å²) in [4.78, 5) is 16.3. The topological polar surface area (TPSA) is 34.5 Å². The van der Waals surface area contributed by atoms with Crippen LogP contribution in [0.4, 0.5) is 0 Å². The van der Waals surface area contributed by atoms with Crippen molar-refractivity contribution in [3.8, 4) is 5.75 Å². The molecule has 1 saturated heterocycles. The van der Waals surface area contributed by atoms with Crippen LogP contribution in [0.15, 0.2) is 36.4 Å². The molecule has 0 spiro atoms. The van der Waals surface area contributed by atoms with Gasteiger partial charge >= 0.3 is 0 Å². The van der Waals surface area contributed by atoms with Gasteiger partial charge in [-0.15, -0.1) is 11.3 Å². The number of rotatable bonds is 4. The summed E-state index contributed by atoms with van der Waals surface area (Å²) in [5.41, 5.74) is 3.12. The van der Waals surface area contributed by atoms with Crippen LogP contribution in [-0.2, 0) is 6.54 Å². The second-order valence-corrected chi connectivity index (χ2v) is 7.86. The first-order valence-corrected chi connectivity index (χ1v) is 9.49. The zero-order valence-electron chi connectivity index (χ0n) is 14.6. The largest absolute Gasteiger partial charge is 0.497 e. The average molecular weight is 354 g/mol. The Bertz CT molecular complexity index is 902. The van der Waals surface area contributed by atoms with Gasteiger partial charge < -0.3 is 14.2 Å². The molecule has 2 aromatic heterocycles. The number of benzene rings is 1. The van der Waals surface area contributed by atoms with E-state index in [1.165, 1.54) is 9.58 Å². The van der Waals surface area contributed by atoms with Gasteiger partial charge in [0.25, 0.3) is 5.91 Å². The summed E-state index contributed by atoms with van der Waals surface area (Å²) in [6.45, 7) is 4.56. The van der Waals surface area contributed by atoms with Crippen LogP contribution in [0.2, 0.25) is 0 Å². The molecule has 5 heteroatoms. The van der Waals surface area contributed by atoms with E-state index in [-0.39, 0.29) is 5.91 Å². The Labute approximate surface area is 151 Å². The van der Waals surface area contributed by atoms with Gasteiger partial charge in [0.15, 0.2) is 0 Å². The summed E-state index contributed by atoms with van der Waals surface area (Å²) < 4.78 is 8.60. The molecular weight excluding hydrogens is 332 g/mol. The number of hydrogen-bond donors (Lipinski definition) is 0. The third-order valence-corrected chi connectivity index (χ3v) is 5.81. The van der Waals surface area contributed by atoms with Crippen molar-refractivity contribution in [1.82, 2.24) is 9.47 Å². The predicted molar refractivity (Wildman–Crippen MR) is 102 cm³/mol. The summed E-state index contributed by atoms with van der Waals surface area (Å²) in [5.74, 6) is 1.01. The number of hydrogen-bond acceptors (Lipinski definition) is 3. The highest BCUT2D eigenvalue weighted by molar-refractivity contribution is 7.19. The van der Waals surface area contributed by atoms with Crippen LogP contribution in [-0.4, -0.2) is 35.6 Å². The highest BCUT2D eigenvalue weighted by Crippen LogP contribution is 2.30. The molecule has 0 atom stereocenters. The SMILES string of the molecule is COc1ccc(Cn2c(C(=O)N3CCCC3)cc3sc(C)cc32)cc1. The van der Waals surface area contributed by atoms with Crippen LogP contribution in [0.3, 0.4) is 0 Å². The van der Waals surface area contributed by atoms with E-state index in [2.05, 4.69) is 35.8 Å². The van der Waals surface area contributed by atoms with E-state index in [0.29, 0.717) is 6.54 Å². The van der Waals surface area contributed by atoms with Gasteiger partial charge in [-0.25, -0.2) is 0 Å². The molecule has 3 heterocycles. The van der Waals surface area contributed by atoms with Crippen LogP contribution in [0.5, 0.6) is 5.75 Å². The first-order chi connectivity index (χ1) is 12.2. The number of methoxy groups -OCH3 is 1. The van der Waals surface area contributed by atoms with E-state index in [1.807, 2.05) is 17.0 Å². The number of likely N-dealkylation sites (tertiary alicyclic amines) is 1. The molecule has 0 saturated carbocycles. The van der Waals surface area contributed by atoms with Crippen molar-refractivity contribution in [3.05, 3.63) is 52.5 Å². The lowest BCUT2D eigenvalue weighted by Gasteiger charge is -2.17. The summed E-state index contributed by atoms with van der Waals surface area (Å²) in [6.07, 6.45) is 2.22. The molecule has 1 amide bonds. The van der Waals surface area contributed by atoms with Crippen molar-refractivity contribution in [3.63, 3.8) is 0 Å². The number of fused-ring (bicyclic) bond motifs is 1. The quantitative estimate of drug-likeness (QED) is 0.700. The minimum atomic E-state index is 0.159. The molecule has 130 valence electrons. The fourth-order valence-electron chi connectivity index (χ4n) is 3.51. The molecule has 3 aromatic rings. The first kappa shape index (κ1) is 16.2. The van der Waals surface area contributed by atoms with E-state index in [9.17, 15) is 4.79 Å². The highest BCUT2D eigenvalue weighted by atomic mass is 32.1.